The minimum Gasteiger partial charge on any atom is -0.494 e. The zero-order chi connectivity index (χ0) is 21.9. The molecule has 0 saturated heterocycles. The average Bonchev–Trinajstić information content (AvgIpc) is 2.80. The lowest BCUT2D eigenvalue weighted by atomic mass is 10.1. The number of allylic oxidation sites excluding steroid dienone is 2. The van der Waals surface area contributed by atoms with E-state index in [-0.39, 0.29) is 5.43 Å². The number of fused-ring (bicyclic) bond motifs is 1. The van der Waals surface area contributed by atoms with Crippen LogP contribution in [0, 0.1) is 0 Å². The van der Waals surface area contributed by atoms with Gasteiger partial charge in [-0.1, -0.05) is 24.3 Å². The minimum absolute atomic E-state index is 0.0584. The molecule has 3 rings (SSSR count). The molecule has 0 unspecified atom stereocenters. The first kappa shape index (κ1) is 22.4. The Hall–Kier alpha value is -3.27. The summed E-state index contributed by atoms with van der Waals surface area (Å²) < 4.78 is 17.3. The van der Waals surface area contributed by atoms with Crippen molar-refractivity contribution in [3.05, 3.63) is 84.3 Å². The molecule has 1 aromatic heterocycles. The van der Waals surface area contributed by atoms with Crippen LogP contribution in [0.3, 0.4) is 0 Å². The second-order valence-corrected chi connectivity index (χ2v) is 7.43. The number of benzene rings is 2. The van der Waals surface area contributed by atoms with Crippen LogP contribution in [0.1, 0.15) is 38.5 Å². The van der Waals surface area contributed by atoms with Gasteiger partial charge in [0.05, 0.1) is 24.2 Å². The molecule has 0 aliphatic carbocycles. The van der Waals surface area contributed by atoms with Crippen molar-refractivity contribution in [2.45, 2.75) is 38.5 Å². The maximum Gasteiger partial charge on any atom is 0.200 e. The van der Waals surface area contributed by atoms with Gasteiger partial charge < -0.3 is 13.9 Å². The summed E-state index contributed by atoms with van der Waals surface area (Å²) in [5, 5.41) is 0.541. The van der Waals surface area contributed by atoms with Crippen molar-refractivity contribution >= 4 is 11.0 Å². The first-order valence-electron chi connectivity index (χ1n) is 10.9. The van der Waals surface area contributed by atoms with Crippen molar-refractivity contribution in [2.24, 2.45) is 0 Å². The normalized spacial score (nSPS) is 10.7. The van der Waals surface area contributed by atoms with E-state index >= 15 is 0 Å². The van der Waals surface area contributed by atoms with E-state index in [0.717, 1.165) is 49.8 Å². The molecule has 0 amide bonds. The van der Waals surface area contributed by atoms with Crippen LogP contribution in [0.4, 0.5) is 0 Å². The van der Waals surface area contributed by atoms with Crippen molar-refractivity contribution in [3.8, 4) is 22.6 Å². The molecule has 162 valence electrons. The van der Waals surface area contributed by atoms with Crippen LogP contribution in [0.15, 0.2) is 83.2 Å². The molecule has 0 radical (unpaired) electrons. The van der Waals surface area contributed by atoms with E-state index in [1.165, 1.54) is 6.26 Å². The topological polar surface area (TPSA) is 48.7 Å². The number of hydrogen-bond acceptors (Lipinski definition) is 4. The standard InChI is InChI=1S/C27H30O4/c1-3-5-7-9-17-29-22-13-11-21(12-14-22)25-20-31-26-19-23(15-16-24(26)27(25)28)30-18-10-8-6-4-2/h3-4,11-16,19-20H,1-2,5-10,17-18H2. The van der Waals surface area contributed by atoms with Gasteiger partial charge in [-0.15, -0.1) is 13.2 Å². The Balaban J connectivity index is 1.66. The molecule has 0 aliphatic heterocycles. The van der Waals surface area contributed by atoms with Gasteiger partial charge in [-0.3, -0.25) is 4.79 Å². The quantitative estimate of drug-likeness (QED) is 0.223. The van der Waals surface area contributed by atoms with E-state index in [4.69, 9.17) is 13.9 Å². The predicted molar refractivity (Wildman–Crippen MR) is 127 cm³/mol. The smallest absolute Gasteiger partial charge is 0.200 e. The molecule has 2 aromatic carbocycles. The Bertz CT molecular complexity index is 1050. The van der Waals surface area contributed by atoms with Crippen LogP contribution in [0.25, 0.3) is 22.1 Å². The molecular formula is C27H30O4. The van der Waals surface area contributed by atoms with Crippen molar-refractivity contribution in [1.82, 2.24) is 0 Å². The molecule has 0 saturated carbocycles. The number of rotatable bonds is 13. The fraction of sp³-hybridized carbons (Fsp3) is 0.296. The Morgan fingerprint density at radius 2 is 1.42 bits per heavy atom. The second-order valence-electron chi connectivity index (χ2n) is 7.43. The van der Waals surface area contributed by atoms with Gasteiger partial charge in [-0.25, -0.2) is 0 Å². The number of hydrogen-bond donors (Lipinski definition) is 0. The lowest BCUT2D eigenvalue weighted by Gasteiger charge is -2.08. The monoisotopic (exact) mass is 418 g/mol. The molecule has 1 heterocycles. The first-order valence-corrected chi connectivity index (χ1v) is 10.9. The van der Waals surface area contributed by atoms with Gasteiger partial charge in [0.1, 0.15) is 23.3 Å². The highest BCUT2D eigenvalue weighted by atomic mass is 16.5. The summed E-state index contributed by atoms with van der Waals surface area (Å²) in [6, 6.07) is 12.9. The maximum atomic E-state index is 13.0. The summed E-state index contributed by atoms with van der Waals surface area (Å²) in [6.07, 6.45) is 11.4. The summed E-state index contributed by atoms with van der Waals surface area (Å²) >= 11 is 0. The van der Waals surface area contributed by atoms with Crippen molar-refractivity contribution in [3.63, 3.8) is 0 Å². The third-order valence-corrected chi connectivity index (χ3v) is 5.05. The highest BCUT2D eigenvalue weighted by Crippen LogP contribution is 2.25. The molecule has 4 nitrogen and oxygen atoms in total. The molecule has 0 fully saturated rings. The molecule has 3 aromatic rings. The van der Waals surface area contributed by atoms with Gasteiger partial charge >= 0.3 is 0 Å². The van der Waals surface area contributed by atoms with Gasteiger partial charge in [0, 0.05) is 6.07 Å². The molecule has 0 bridgehead atoms. The van der Waals surface area contributed by atoms with Gasteiger partial charge in [0.25, 0.3) is 0 Å². The molecule has 0 atom stereocenters. The highest BCUT2D eigenvalue weighted by molar-refractivity contribution is 5.82. The van der Waals surface area contributed by atoms with Gasteiger partial charge in [-0.05, 0) is 68.4 Å². The molecule has 0 spiro atoms. The molecular weight excluding hydrogens is 388 g/mol. The molecule has 0 aliphatic rings. The van der Waals surface area contributed by atoms with Crippen molar-refractivity contribution in [2.75, 3.05) is 13.2 Å². The Morgan fingerprint density at radius 1 is 0.806 bits per heavy atom. The molecule has 0 N–H and O–H groups in total. The summed E-state index contributed by atoms with van der Waals surface area (Å²) in [5.74, 6) is 1.50. The zero-order valence-corrected chi connectivity index (χ0v) is 18.0. The third kappa shape index (κ3) is 6.35. The van der Waals surface area contributed by atoms with Gasteiger partial charge in [0.15, 0.2) is 5.43 Å². The van der Waals surface area contributed by atoms with Crippen LogP contribution >= 0.6 is 0 Å². The minimum atomic E-state index is -0.0584. The van der Waals surface area contributed by atoms with E-state index in [1.807, 2.05) is 42.5 Å². The summed E-state index contributed by atoms with van der Waals surface area (Å²) in [7, 11) is 0. The van der Waals surface area contributed by atoms with Crippen molar-refractivity contribution < 1.29 is 13.9 Å². The van der Waals surface area contributed by atoms with Crippen LogP contribution in [-0.4, -0.2) is 13.2 Å². The van der Waals surface area contributed by atoms with Crippen LogP contribution in [0.5, 0.6) is 11.5 Å². The summed E-state index contributed by atoms with van der Waals surface area (Å²) in [4.78, 5) is 13.0. The summed E-state index contributed by atoms with van der Waals surface area (Å²) in [5.41, 5.74) is 1.80. The second kappa shape index (κ2) is 11.8. The van der Waals surface area contributed by atoms with Gasteiger partial charge in [-0.2, -0.15) is 0 Å². The van der Waals surface area contributed by atoms with Gasteiger partial charge in [0.2, 0.25) is 0 Å². The van der Waals surface area contributed by atoms with Crippen molar-refractivity contribution in [1.29, 1.82) is 0 Å². The van der Waals surface area contributed by atoms with E-state index in [2.05, 4.69) is 13.2 Å². The number of ether oxygens (including phenoxy) is 2. The predicted octanol–water partition coefficient (Wildman–Crippen LogP) is 6.93. The van der Waals surface area contributed by atoms with Crippen LogP contribution < -0.4 is 14.9 Å². The number of unbranched alkanes of at least 4 members (excludes halogenated alkanes) is 4. The lowest BCUT2D eigenvalue weighted by molar-refractivity contribution is 0.307. The van der Waals surface area contributed by atoms with Crippen LogP contribution in [0.2, 0.25) is 0 Å². The molecule has 31 heavy (non-hydrogen) atoms. The Morgan fingerprint density at radius 3 is 2.06 bits per heavy atom. The Labute approximate surface area is 183 Å². The SMILES string of the molecule is C=CCCCCOc1ccc(-c2coc3cc(OCCCCC=C)ccc3c2=O)cc1. The largest absolute Gasteiger partial charge is 0.494 e. The van der Waals surface area contributed by atoms with E-state index in [9.17, 15) is 4.79 Å². The molecule has 4 heteroatoms. The Kier molecular flexibility index (Phi) is 8.53. The lowest BCUT2D eigenvalue weighted by Crippen LogP contribution is -2.05. The summed E-state index contributed by atoms with van der Waals surface area (Å²) in [6.45, 7) is 8.74. The van der Waals surface area contributed by atoms with E-state index < -0.39 is 0 Å². The first-order chi connectivity index (χ1) is 15.2. The fourth-order valence-electron chi connectivity index (χ4n) is 3.29. The third-order valence-electron chi connectivity index (χ3n) is 5.05. The fourth-order valence-corrected chi connectivity index (χ4v) is 3.29. The van der Waals surface area contributed by atoms with E-state index in [1.54, 1.807) is 12.1 Å². The zero-order valence-electron chi connectivity index (χ0n) is 18.0. The maximum absolute atomic E-state index is 13.0. The van der Waals surface area contributed by atoms with Crippen LogP contribution in [-0.2, 0) is 0 Å². The average molecular weight is 419 g/mol. The highest BCUT2D eigenvalue weighted by Gasteiger charge is 2.10. The van der Waals surface area contributed by atoms with E-state index in [0.29, 0.717) is 35.5 Å².